The van der Waals surface area contributed by atoms with Crippen LogP contribution in [-0.4, -0.2) is 120 Å². The van der Waals surface area contributed by atoms with Crippen molar-refractivity contribution in [1.29, 1.82) is 0 Å². The van der Waals surface area contributed by atoms with E-state index in [0.717, 1.165) is 165 Å². The minimum absolute atomic E-state index is 0.0417. The zero-order chi connectivity index (χ0) is 69.6. The quantitative estimate of drug-likeness (QED) is 0.0603. The highest BCUT2D eigenvalue weighted by atomic mass is 35.5. The van der Waals surface area contributed by atoms with Crippen molar-refractivity contribution in [3.05, 3.63) is 35.5 Å². The number of esters is 4. The number of alkyl carbamates (subject to hydrolysis) is 2. The largest absolute Gasteiger partial charge is 0.462 e. The maximum atomic E-state index is 13.3. The Morgan fingerprint density at radius 2 is 1.01 bits per heavy atom. The van der Waals surface area contributed by atoms with Crippen molar-refractivity contribution in [3.8, 4) is 0 Å². The lowest BCUT2D eigenvalue weighted by Crippen LogP contribution is -2.64. The number of nitrogens with zero attached hydrogens (tertiary/aromatic N) is 2. The third kappa shape index (κ3) is 15.8. The molecule has 8 aliphatic rings. The molecule has 536 valence electrons. The lowest BCUT2D eigenvalue weighted by molar-refractivity contribution is -0.221. The number of anilines is 1. The number of hydrogen-bond acceptors (Lipinski definition) is 15. The van der Waals surface area contributed by atoms with Gasteiger partial charge in [-0.05, 0) is 277 Å². The number of benzene rings is 1. The molecule has 0 saturated heterocycles. The molecule has 2 aromatic rings. The molecule has 1 aromatic heterocycles. The topological polar surface area (TPSA) is 210 Å². The van der Waals surface area contributed by atoms with Crippen molar-refractivity contribution in [2.45, 2.75) is 280 Å². The molecule has 96 heavy (non-hydrogen) atoms. The Bertz CT molecular complexity index is 2960. The van der Waals surface area contributed by atoms with Crippen LogP contribution in [0.3, 0.4) is 0 Å². The highest BCUT2D eigenvalue weighted by Gasteiger charge is 2.70. The first kappa shape index (κ1) is 73.8. The number of fused-ring (bicyclic) bond motifs is 11. The molecule has 1 aromatic carbocycles. The number of rotatable bonds is 21. The molecule has 10 rings (SSSR count). The van der Waals surface area contributed by atoms with E-state index in [1.165, 1.54) is 13.8 Å². The molecule has 0 radical (unpaired) electrons. The Morgan fingerprint density at radius 3 is 1.44 bits per heavy atom. The van der Waals surface area contributed by atoms with Crippen molar-refractivity contribution >= 4 is 64.3 Å². The van der Waals surface area contributed by atoms with Gasteiger partial charge < -0.3 is 49.3 Å². The van der Waals surface area contributed by atoms with Gasteiger partial charge in [0.05, 0.1) is 5.52 Å². The fraction of sp³-hybridized carbons (Fsp3) is 0.808. The van der Waals surface area contributed by atoms with Crippen LogP contribution in [0.15, 0.2) is 30.5 Å². The minimum Gasteiger partial charge on any atom is -0.462 e. The smallest absolute Gasteiger partial charge is 0.407 e. The zero-order valence-electron chi connectivity index (χ0n) is 61.2. The lowest BCUT2D eigenvalue weighted by Gasteiger charge is -2.64. The summed E-state index contributed by atoms with van der Waals surface area (Å²) < 4.78 is 37.5. The molecule has 17 nitrogen and oxygen atoms in total. The van der Waals surface area contributed by atoms with E-state index in [1.54, 1.807) is 13.8 Å². The third-order valence-electron chi connectivity index (χ3n) is 26.6. The van der Waals surface area contributed by atoms with Gasteiger partial charge in [-0.1, -0.05) is 53.1 Å². The summed E-state index contributed by atoms with van der Waals surface area (Å²) in [5.74, 6) is 1.78. The molecule has 0 spiro atoms. The average Bonchev–Trinajstić information content (AvgIpc) is 1.39. The van der Waals surface area contributed by atoms with E-state index in [1.807, 2.05) is 72.0 Å². The van der Waals surface area contributed by atoms with Crippen LogP contribution < -0.4 is 16.0 Å². The fourth-order valence-electron chi connectivity index (χ4n) is 22.7. The molecule has 0 aliphatic heterocycles. The Kier molecular flexibility index (Phi) is 22.6. The van der Waals surface area contributed by atoms with Crippen LogP contribution in [0.4, 0.5) is 15.3 Å². The molecule has 8 aliphatic carbocycles. The van der Waals surface area contributed by atoms with Crippen molar-refractivity contribution < 1.29 is 57.2 Å². The van der Waals surface area contributed by atoms with Crippen molar-refractivity contribution in [3.63, 3.8) is 0 Å². The summed E-state index contributed by atoms with van der Waals surface area (Å²) in [5.41, 5.74) is -0.0896. The second kappa shape index (κ2) is 29.4. The first-order valence-corrected chi connectivity index (χ1v) is 37.7. The molecule has 8 saturated carbocycles. The summed E-state index contributed by atoms with van der Waals surface area (Å²) in [6, 6.07) is 7.82. The predicted octanol–water partition coefficient (Wildman–Crippen LogP) is 16.1. The van der Waals surface area contributed by atoms with Gasteiger partial charge in [-0.25, -0.2) is 9.59 Å². The van der Waals surface area contributed by atoms with Gasteiger partial charge in [0.1, 0.15) is 35.6 Å². The summed E-state index contributed by atoms with van der Waals surface area (Å²) in [4.78, 5) is 86.3. The number of amides is 2. The number of hydrogen-bond donors (Lipinski definition) is 3. The molecule has 0 bridgehead atoms. The average molecular weight is 1360 g/mol. The molecule has 8 unspecified atom stereocenters. The van der Waals surface area contributed by atoms with Crippen molar-refractivity contribution in [1.82, 2.24) is 20.5 Å². The van der Waals surface area contributed by atoms with Gasteiger partial charge in [-0.3, -0.25) is 24.2 Å². The number of ether oxygens (including phenoxy) is 6. The van der Waals surface area contributed by atoms with Crippen molar-refractivity contribution in [2.75, 3.05) is 31.5 Å². The second-order valence-corrected chi connectivity index (χ2v) is 35.1. The van der Waals surface area contributed by atoms with Gasteiger partial charge in [0.2, 0.25) is 0 Å². The molecule has 8 fully saturated rings. The monoisotopic (exact) mass is 1350 g/mol. The van der Waals surface area contributed by atoms with Gasteiger partial charge >= 0.3 is 36.1 Å². The van der Waals surface area contributed by atoms with Crippen LogP contribution in [0.1, 0.15) is 233 Å². The molecule has 1 heterocycles. The Morgan fingerprint density at radius 1 is 0.573 bits per heavy atom. The number of nitrogens with one attached hydrogen (secondary N) is 3. The normalized spacial score (nSPS) is 36.8. The summed E-state index contributed by atoms with van der Waals surface area (Å²) in [7, 11) is 0. The standard InChI is InChI=1S/C78H120ClN5O12/c1-45(57-24-26-59-69-61(43-67(77(57,59)15)93-49(5)87)75(13)31-28-54(82-71(89)95-73(7,8)9)38-51(75)40-65(69)91-47(3)85)20-17-35-84(37-19-33-80-63-30-34-81-64-42-53(79)22-23-56(63)64)36-18-21-46(2)58-25-27-60-70-62(44-68(78(58,60)16)94-50(6)88)76(14)32-29-55(83-72(90)96-74(10,11)12)39-52(76)41-66(70)92-48(4)86/h22-23,30,34,42,45-46,51-52,54-55,57-62,65-70H,17-21,24-29,31-33,35-41,43-44H2,1-16H3,(H,80,81)(H,82,89)(H,83,90)/t45?,46?,51-,52-,54+,55+,57+,58+,59?,60?,61?,62?,65+,66+,67-,68-,69?,70?,75-,76-,77+,78+/m0/s1. The van der Waals surface area contributed by atoms with Gasteiger partial charge in [-0.2, -0.15) is 0 Å². The second-order valence-electron chi connectivity index (χ2n) is 34.6. The van der Waals surface area contributed by atoms with Gasteiger partial charge in [0.15, 0.2) is 0 Å². The Hall–Kier alpha value is -4.90. The van der Waals surface area contributed by atoms with E-state index >= 15 is 0 Å². The number of halogens is 1. The van der Waals surface area contributed by atoms with Crippen LogP contribution in [0.25, 0.3) is 10.9 Å². The summed E-state index contributed by atoms with van der Waals surface area (Å²) >= 11 is 6.39. The highest BCUT2D eigenvalue weighted by molar-refractivity contribution is 6.31. The maximum absolute atomic E-state index is 13.3. The highest BCUT2D eigenvalue weighted by Crippen LogP contribution is 2.71. The van der Waals surface area contributed by atoms with Crippen molar-refractivity contribution in [2.24, 2.45) is 92.7 Å². The Labute approximate surface area is 579 Å². The van der Waals surface area contributed by atoms with E-state index < -0.39 is 23.4 Å². The Balaban J connectivity index is 0.831. The van der Waals surface area contributed by atoms with Crippen LogP contribution >= 0.6 is 11.6 Å². The minimum atomic E-state index is -0.604. The van der Waals surface area contributed by atoms with Gasteiger partial charge in [0.25, 0.3) is 0 Å². The summed E-state index contributed by atoms with van der Waals surface area (Å²) in [5, 5.41) is 11.8. The lowest BCUT2D eigenvalue weighted by atomic mass is 9.43. The van der Waals surface area contributed by atoms with Gasteiger partial charge in [0, 0.05) is 91.3 Å². The van der Waals surface area contributed by atoms with E-state index in [4.69, 9.17) is 40.0 Å². The van der Waals surface area contributed by atoms with E-state index in [-0.39, 0.29) is 129 Å². The molecular weight excluding hydrogens is 1230 g/mol. The van der Waals surface area contributed by atoms with Gasteiger partial charge in [-0.15, -0.1) is 0 Å². The van der Waals surface area contributed by atoms with Crippen LogP contribution in [0, 0.1) is 92.7 Å². The molecule has 3 N–H and O–H groups in total. The first-order chi connectivity index (χ1) is 45.1. The molecule has 18 heteroatoms. The predicted molar refractivity (Wildman–Crippen MR) is 374 cm³/mol. The van der Waals surface area contributed by atoms with Crippen LogP contribution in [-0.2, 0) is 47.6 Å². The SMILES string of the molecule is CC(=O)O[C@H]1CC2C(C3CC[C@H](C(C)CCCN(CCCNc4ccnc5cc(Cl)ccc45)CCCC(C)[C@H]4CCC5C6C(C[C@H](OC(C)=O)[C@@]54C)[C@@]4(C)CC[C@@H](NC(=O)OC(C)(C)C)C[C@H]4C[C@H]6OC(C)=O)[C@]31C)[C@H](OC(C)=O)C[C@@H]1C[C@H](NC(=O)OC(C)(C)C)CC[C@]21C. The van der Waals surface area contributed by atoms with E-state index in [2.05, 4.69) is 67.4 Å². The zero-order valence-corrected chi connectivity index (χ0v) is 62.0. The summed E-state index contributed by atoms with van der Waals surface area (Å²) in [6.07, 6.45) is 17.1. The van der Waals surface area contributed by atoms with E-state index in [0.29, 0.717) is 28.7 Å². The number of pyridine rings is 1. The number of aromatic nitrogens is 1. The third-order valence-corrected chi connectivity index (χ3v) is 26.8. The molecule has 2 amide bonds. The fourth-order valence-corrected chi connectivity index (χ4v) is 22.8. The summed E-state index contributed by atoms with van der Waals surface area (Å²) in [6.45, 7) is 35.6. The maximum Gasteiger partial charge on any atom is 0.407 e. The molecule has 22 atom stereocenters. The number of carbonyl (C=O) groups is 6. The number of carbonyl (C=O) groups excluding carboxylic acids is 6. The van der Waals surface area contributed by atoms with Crippen LogP contribution in [0.5, 0.6) is 0 Å². The first-order valence-electron chi connectivity index (χ1n) is 37.3. The van der Waals surface area contributed by atoms with E-state index in [9.17, 15) is 28.8 Å². The van der Waals surface area contributed by atoms with Crippen LogP contribution in [0.2, 0.25) is 5.02 Å². The molecular formula is C78H120ClN5O12.